The Balaban J connectivity index is 0. The Morgan fingerprint density at radius 2 is 1.43 bits per heavy atom. The van der Waals surface area contributed by atoms with Crippen molar-refractivity contribution >= 4 is 5.70 Å². The molecule has 0 aromatic heterocycles. The van der Waals surface area contributed by atoms with Gasteiger partial charge in [-0.25, -0.2) is 0 Å². The van der Waals surface area contributed by atoms with Crippen LogP contribution in [0.5, 0.6) is 0 Å². The maximum Gasteiger partial charge on any atom is 0.0344 e. The van der Waals surface area contributed by atoms with E-state index in [4.69, 9.17) is 5.73 Å². The second-order valence-electron chi connectivity index (χ2n) is 2.11. The van der Waals surface area contributed by atoms with Crippen molar-refractivity contribution in [2.24, 2.45) is 5.73 Å². The minimum Gasteiger partial charge on any atom is -0.399 e. The fourth-order valence-electron chi connectivity index (χ4n) is 0.797. The highest BCUT2D eigenvalue weighted by atomic mass is 14.6. The first-order valence-electron chi connectivity index (χ1n) is 5.32. The Bertz CT molecular complexity index is 224. The maximum atomic E-state index is 5.66. The summed E-state index contributed by atoms with van der Waals surface area (Å²) in [5.41, 5.74) is 7.58. The maximum absolute atomic E-state index is 5.66. The molecule has 0 spiro atoms. The molecular weight excluding hydrogens is 170 g/mol. The average Bonchev–Trinajstić information content (AvgIpc) is 2.34. The summed E-state index contributed by atoms with van der Waals surface area (Å²) in [6.07, 6.45) is 1.90. The summed E-state index contributed by atoms with van der Waals surface area (Å²) < 4.78 is 0. The first-order valence-corrected chi connectivity index (χ1v) is 5.32. The zero-order valence-electron chi connectivity index (χ0n) is 10.0. The largest absolute Gasteiger partial charge is 0.399 e. The van der Waals surface area contributed by atoms with E-state index in [1.165, 1.54) is 0 Å². The van der Waals surface area contributed by atoms with Gasteiger partial charge >= 0.3 is 0 Å². The molecule has 0 amide bonds. The summed E-state index contributed by atoms with van der Waals surface area (Å²) >= 11 is 0. The van der Waals surface area contributed by atoms with E-state index in [-0.39, 0.29) is 0 Å². The molecule has 0 saturated carbocycles. The van der Waals surface area contributed by atoms with Crippen molar-refractivity contribution in [3.63, 3.8) is 0 Å². The van der Waals surface area contributed by atoms with Crippen molar-refractivity contribution in [3.8, 4) is 0 Å². The van der Waals surface area contributed by atoms with E-state index >= 15 is 0 Å². The van der Waals surface area contributed by atoms with Gasteiger partial charge in [0.25, 0.3) is 0 Å². The van der Waals surface area contributed by atoms with Crippen molar-refractivity contribution < 1.29 is 0 Å². The highest BCUT2D eigenvalue weighted by molar-refractivity contribution is 5.61. The summed E-state index contributed by atoms with van der Waals surface area (Å²) in [6, 6.07) is 9.93. The lowest BCUT2D eigenvalue weighted by Crippen LogP contribution is -1.93. The van der Waals surface area contributed by atoms with Gasteiger partial charge in [-0.15, -0.1) is 0 Å². The van der Waals surface area contributed by atoms with E-state index < -0.39 is 0 Å². The lowest BCUT2D eigenvalue weighted by Gasteiger charge is -1.97. The van der Waals surface area contributed by atoms with Crippen LogP contribution in [0.25, 0.3) is 5.70 Å². The molecular formula is C13H23N. The molecule has 14 heavy (non-hydrogen) atoms. The molecule has 0 aliphatic rings. The van der Waals surface area contributed by atoms with Crippen LogP contribution in [0.3, 0.4) is 0 Å². The Labute approximate surface area is 88.6 Å². The third-order valence-electron chi connectivity index (χ3n) is 1.42. The first kappa shape index (κ1) is 15.2. The van der Waals surface area contributed by atoms with Crippen molar-refractivity contribution in [2.45, 2.75) is 34.6 Å². The summed E-state index contributed by atoms with van der Waals surface area (Å²) in [6.45, 7) is 9.93. The van der Waals surface area contributed by atoms with Crippen LogP contribution in [0.1, 0.15) is 40.2 Å². The van der Waals surface area contributed by atoms with Gasteiger partial charge in [-0.2, -0.15) is 0 Å². The zero-order valence-corrected chi connectivity index (χ0v) is 10.0. The summed E-state index contributed by atoms with van der Waals surface area (Å²) in [7, 11) is 0. The molecule has 0 atom stereocenters. The highest BCUT2D eigenvalue weighted by Gasteiger charge is 1.89. The smallest absolute Gasteiger partial charge is 0.0344 e. The molecule has 0 bridgehead atoms. The van der Waals surface area contributed by atoms with Crippen LogP contribution >= 0.6 is 0 Å². The monoisotopic (exact) mass is 193 g/mol. The fourth-order valence-corrected chi connectivity index (χ4v) is 0.797. The minimum atomic E-state index is 0.834. The van der Waals surface area contributed by atoms with Crippen LogP contribution in [0.4, 0.5) is 0 Å². The summed E-state index contributed by atoms with van der Waals surface area (Å²) in [5, 5.41) is 0. The number of nitrogens with two attached hydrogens (primary N) is 1. The molecule has 1 rings (SSSR count). The molecule has 0 radical (unpaired) electrons. The molecule has 0 aliphatic heterocycles. The molecule has 2 N–H and O–H groups in total. The normalized spacial score (nSPS) is 9.07. The van der Waals surface area contributed by atoms with Crippen molar-refractivity contribution in [1.82, 2.24) is 0 Å². The number of hydrogen-bond donors (Lipinski definition) is 1. The molecule has 0 saturated heterocycles. The zero-order chi connectivity index (χ0) is 11.4. The van der Waals surface area contributed by atoms with Gasteiger partial charge in [0, 0.05) is 5.70 Å². The highest BCUT2D eigenvalue weighted by Crippen LogP contribution is 2.06. The van der Waals surface area contributed by atoms with Crippen LogP contribution in [-0.4, -0.2) is 0 Å². The van der Waals surface area contributed by atoms with E-state index in [2.05, 4.69) is 0 Å². The standard InChI is InChI=1S/C9H11N.2C2H6/c1-2-9(10)8-6-4-3-5-7-8;2*1-2/h2-7H,10H2,1H3;2*1-2H3/b9-2-;;. The topological polar surface area (TPSA) is 26.0 Å². The second kappa shape index (κ2) is 11.8. The van der Waals surface area contributed by atoms with Crippen molar-refractivity contribution in [3.05, 3.63) is 42.0 Å². The van der Waals surface area contributed by atoms with Crippen LogP contribution in [-0.2, 0) is 0 Å². The van der Waals surface area contributed by atoms with E-state index in [1.54, 1.807) is 0 Å². The molecule has 0 heterocycles. The molecule has 1 aromatic carbocycles. The van der Waals surface area contributed by atoms with Gasteiger partial charge < -0.3 is 5.73 Å². The van der Waals surface area contributed by atoms with Crippen LogP contribution in [0.15, 0.2) is 36.4 Å². The molecule has 0 fully saturated rings. The molecule has 0 unspecified atom stereocenters. The Hall–Kier alpha value is -1.24. The van der Waals surface area contributed by atoms with Gasteiger partial charge in [-0.3, -0.25) is 0 Å². The predicted molar refractivity (Wildman–Crippen MR) is 67.0 cm³/mol. The number of benzene rings is 1. The van der Waals surface area contributed by atoms with E-state index in [9.17, 15) is 0 Å². The van der Waals surface area contributed by atoms with Gasteiger partial charge in [0.2, 0.25) is 0 Å². The average molecular weight is 193 g/mol. The van der Waals surface area contributed by atoms with E-state index in [0.29, 0.717) is 0 Å². The summed E-state index contributed by atoms with van der Waals surface area (Å²) in [4.78, 5) is 0. The molecule has 1 heteroatoms. The van der Waals surface area contributed by atoms with Gasteiger partial charge in [0.05, 0.1) is 0 Å². The first-order chi connectivity index (χ1) is 6.84. The van der Waals surface area contributed by atoms with Crippen molar-refractivity contribution in [1.29, 1.82) is 0 Å². The van der Waals surface area contributed by atoms with Crippen LogP contribution in [0, 0.1) is 0 Å². The van der Waals surface area contributed by atoms with E-state index in [1.807, 2.05) is 71.0 Å². The molecule has 80 valence electrons. The molecule has 0 aliphatic carbocycles. The third-order valence-corrected chi connectivity index (χ3v) is 1.42. The van der Waals surface area contributed by atoms with Crippen LogP contribution < -0.4 is 5.73 Å². The van der Waals surface area contributed by atoms with Crippen LogP contribution in [0.2, 0.25) is 0 Å². The SMILES string of the molecule is C/C=C(\N)c1ccccc1.CC.CC. The molecule has 1 aromatic rings. The minimum absolute atomic E-state index is 0.834. The Kier molecular flexibility index (Phi) is 12.8. The van der Waals surface area contributed by atoms with Gasteiger partial charge in [-0.1, -0.05) is 64.1 Å². The number of rotatable bonds is 1. The number of hydrogen-bond acceptors (Lipinski definition) is 1. The Morgan fingerprint density at radius 3 is 1.79 bits per heavy atom. The molecule has 1 nitrogen and oxygen atoms in total. The number of allylic oxidation sites excluding steroid dienone is 1. The second-order valence-corrected chi connectivity index (χ2v) is 2.11. The summed E-state index contributed by atoms with van der Waals surface area (Å²) in [5.74, 6) is 0. The van der Waals surface area contributed by atoms with E-state index in [0.717, 1.165) is 11.3 Å². The lowest BCUT2D eigenvalue weighted by molar-refractivity contribution is 1.49. The Morgan fingerprint density at radius 1 is 1.00 bits per heavy atom. The van der Waals surface area contributed by atoms with Gasteiger partial charge in [0.1, 0.15) is 0 Å². The van der Waals surface area contributed by atoms with Crippen molar-refractivity contribution in [2.75, 3.05) is 0 Å². The fraction of sp³-hybridized carbons (Fsp3) is 0.385. The quantitative estimate of drug-likeness (QED) is 0.715. The third kappa shape index (κ3) is 6.30. The lowest BCUT2D eigenvalue weighted by atomic mass is 10.2. The predicted octanol–water partition coefficient (Wildman–Crippen LogP) is 4.06. The van der Waals surface area contributed by atoms with Gasteiger partial charge in [0.15, 0.2) is 0 Å². The van der Waals surface area contributed by atoms with Gasteiger partial charge in [-0.05, 0) is 12.5 Å².